The van der Waals surface area contributed by atoms with Crippen molar-refractivity contribution in [3.8, 4) is 5.75 Å². The first-order valence-electron chi connectivity index (χ1n) is 7.26. The third-order valence-electron chi connectivity index (χ3n) is 4.00. The molecule has 2 nitrogen and oxygen atoms in total. The van der Waals surface area contributed by atoms with Crippen molar-refractivity contribution in [2.45, 2.75) is 38.5 Å². The Bertz CT molecular complexity index is 581. The molecule has 0 aromatic heterocycles. The smallest absolute Gasteiger partial charge is 0.158 e. The van der Waals surface area contributed by atoms with Gasteiger partial charge in [0.2, 0.25) is 0 Å². The van der Waals surface area contributed by atoms with Crippen LogP contribution in [0.4, 0.5) is 0 Å². The van der Waals surface area contributed by atoms with E-state index < -0.39 is 0 Å². The molecule has 3 rings (SSSR count). The Morgan fingerprint density at radius 3 is 2.55 bits per heavy atom. The van der Waals surface area contributed by atoms with E-state index in [1.54, 1.807) is 0 Å². The van der Waals surface area contributed by atoms with Crippen molar-refractivity contribution in [2.75, 3.05) is 0 Å². The third kappa shape index (κ3) is 2.70. The molecule has 0 spiro atoms. The lowest BCUT2D eigenvalue weighted by Crippen LogP contribution is -2.50. The molecule has 1 unspecified atom stereocenters. The van der Waals surface area contributed by atoms with Gasteiger partial charge in [-0.15, -0.1) is 0 Å². The SMILES string of the molecule is C[C@H](NC1(C)CCc2ccccc2O1)c1ccccc1. The number of hydrogen-bond acceptors (Lipinski definition) is 2. The molecule has 0 bridgehead atoms. The van der Waals surface area contributed by atoms with E-state index in [2.05, 4.69) is 61.6 Å². The molecule has 2 heteroatoms. The summed E-state index contributed by atoms with van der Waals surface area (Å²) in [5, 5.41) is 3.63. The summed E-state index contributed by atoms with van der Waals surface area (Å²) in [6.45, 7) is 4.33. The van der Waals surface area contributed by atoms with E-state index in [-0.39, 0.29) is 11.8 Å². The summed E-state index contributed by atoms with van der Waals surface area (Å²) in [6, 6.07) is 19.1. The van der Waals surface area contributed by atoms with Crippen LogP contribution in [0.15, 0.2) is 54.6 Å². The molecule has 1 aliphatic heterocycles. The van der Waals surface area contributed by atoms with Crippen LogP contribution in [0.5, 0.6) is 5.75 Å². The zero-order chi connectivity index (χ0) is 14.0. The average Bonchev–Trinajstić information content (AvgIpc) is 2.47. The molecule has 0 aliphatic carbocycles. The maximum absolute atomic E-state index is 6.20. The number of nitrogens with one attached hydrogen (secondary N) is 1. The largest absolute Gasteiger partial charge is 0.473 e. The molecule has 1 aliphatic rings. The van der Waals surface area contributed by atoms with Crippen LogP contribution >= 0.6 is 0 Å². The normalized spacial score (nSPS) is 22.7. The van der Waals surface area contributed by atoms with Gasteiger partial charge in [-0.05, 0) is 37.5 Å². The van der Waals surface area contributed by atoms with Crippen molar-refractivity contribution < 1.29 is 4.74 Å². The van der Waals surface area contributed by atoms with Gasteiger partial charge in [0, 0.05) is 12.5 Å². The molecule has 2 aromatic carbocycles. The molecule has 0 saturated heterocycles. The molecular weight excluding hydrogens is 246 g/mol. The van der Waals surface area contributed by atoms with Crippen molar-refractivity contribution in [3.63, 3.8) is 0 Å². The topological polar surface area (TPSA) is 21.3 Å². The molecule has 20 heavy (non-hydrogen) atoms. The van der Waals surface area contributed by atoms with Gasteiger partial charge in [-0.2, -0.15) is 0 Å². The van der Waals surface area contributed by atoms with Gasteiger partial charge in [-0.3, -0.25) is 5.32 Å². The number of aryl methyl sites for hydroxylation is 1. The molecule has 0 amide bonds. The van der Waals surface area contributed by atoms with Gasteiger partial charge in [0.15, 0.2) is 5.72 Å². The van der Waals surface area contributed by atoms with Crippen molar-refractivity contribution in [3.05, 3.63) is 65.7 Å². The van der Waals surface area contributed by atoms with Crippen LogP contribution in [0.1, 0.15) is 37.4 Å². The Balaban J connectivity index is 1.75. The van der Waals surface area contributed by atoms with Gasteiger partial charge in [-0.1, -0.05) is 48.5 Å². The van der Waals surface area contributed by atoms with Gasteiger partial charge >= 0.3 is 0 Å². The minimum Gasteiger partial charge on any atom is -0.473 e. The van der Waals surface area contributed by atoms with E-state index in [4.69, 9.17) is 4.74 Å². The second kappa shape index (κ2) is 5.29. The first-order valence-corrected chi connectivity index (χ1v) is 7.26. The van der Waals surface area contributed by atoms with E-state index in [1.165, 1.54) is 11.1 Å². The fourth-order valence-electron chi connectivity index (χ4n) is 2.86. The van der Waals surface area contributed by atoms with Crippen molar-refractivity contribution in [1.29, 1.82) is 0 Å². The number of ether oxygens (including phenoxy) is 1. The molecular formula is C18H21NO. The number of para-hydroxylation sites is 1. The molecule has 1 N–H and O–H groups in total. The number of rotatable bonds is 3. The highest BCUT2D eigenvalue weighted by molar-refractivity contribution is 5.36. The van der Waals surface area contributed by atoms with Crippen molar-refractivity contribution in [1.82, 2.24) is 5.32 Å². The van der Waals surface area contributed by atoms with Crippen LogP contribution in [-0.4, -0.2) is 5.72 Å². The molecule has 0 fully saturated rings. The maximum atomic E-state index is 6.20. The van der Waals surface area contributed by atoms with E-state index >= 15 is 0 Å². The van der Waals surface area contributed by atoms with E-state index in [1.807, 2.05) is 12.1 Å². The Labute approximate surface area is 120 Å². The summed E-state index contributed by atoms with van der Waals surface area (Å²) in [4.78, 5) is 0. The van der Waals surface area contributed by atoms with Gasteiger partial charge < -0.3 is 4.74 Å². The summed E-state index contributed by atoms with van der Waals surface area (Å²) < 4.78 is 6.20. The summed E-state index contributed by atoms with van der Waals surface area (Å²) in [5.41, 5.74) is 2.29. The fourth-order valence-corrected chi connectivity index (χ4v) is 2.86. The Hall–Kier alpha value is -1.80. The first-order chi connectivity index (χ1) is 9.66. The lowest BCUT2D eigenvalue weighted by atomic mass is 9.97. The lowest BCUT2D eigenvalue weighted by Gasteiger charge is -2.38. The van der Waals surface area contributed by atoms with Gasteiger partial charge in [0.05, 0.1) is 0 Å². The maximum Gasteiger partial charge on any atom is 0.158 e. The third-order valence-corrected chi connectivity index (χ3v) is 4.00. The summed E-state index contributed by atoms with van der Waals surface area (Å²) >= 11 is 0. The first kappa shape index (κ1) is 13.2. The molecule has 2 aromatic rings. The summed E-state index contributed by atoms with van der Waals surface area (Å²) in [7, 11) is 0. The van der Waals surface area contributed by atoms with Gasteiger partial charge in [-0.25, -0.2) is 0 Å². The highest BCUT2D eigenvalue weighted by atomic mass is 16.5. The van der Waals surface area contributed by atoms with Crippen LogP contribution in [0.25, 0.3) is 0 Å². The number of fused-ring (bicyclic) bond motifs is 1. The van der Waals surface area contributed by atoms with Crippen molar-refractivity contribution in [2.24, 2.45) is 0 Å². The summed E-state index contributed by atoms with van der Waals surface area (Å²) in [6.07, 6.45) is 2.04. The van der Waals surface area contributed by atoms with Gasteiger partial charge in [0.1, 0.15) is 5.75 Å². The molecule has 0 saturated carbocycles. The van der Waals surface area contributed by atoms with Crippen LogP contribution in [0.2, 0.25) is 0 Å². The van der Waals surface area contributed by atoms with E-state index in [9.17, 15) is 0 Å². The van der Waals surface area contributed by atoms with Crippen LogP contribution < -0.4 is 10.1 Å². The highest BCUT2D eigenvalue weighted by Gasteiger charge is 2.32. The lowest BCUT2D eigenvalue weighted by molar-refractivity contribution is 0.0203. The van der Waals surface area contributed by atoms with Gasteiger partial charge in [0.25, 0.3) is 0 Å². The monoisotopic (exact) mass is 267 g/mol. The molecule has 0 radical (unpaired) electrons. The van der Waals surface area contributed by atoms with Crippen LogP contribution in [0.3, 0.4) is 0 Å². The zero-order valence-corrected chi connectivity index (χ0v) is 12.1. The zero-order valence-electron chi connectivity index (χ0n) is 12.1. The second-order valence-electron chi connectivity index (χ2n) is 5.72. The minimum absolute atomic E-state index is 0.270. The van der Waals surface area contributed by atoms with Crippen LogP contribution in [-0.2, 0) is 6.42 Å². The van der Waals surface area contributed by atoms with Crippen molar-refractivity contribution >= 4 is 0 Å². The van der Waals surface area contributed by atoms with Crippen LogP contribution in [0, 0.1) is 0 Å². The fraction of sp³-hybridized carbons (Fsp3) is 0.333. The Kier molecular flexibility index (Phi) is 3.49. The second-order valence-corrected chi connectivity index (χ2v) is 5.72. The molecule has 1 heterocycles. The van der Waals surface area contributed by atoms with E-state index in [0.717, 1.165) is 18.6 Å². The standard InChI is InChI=1S/C18H21NO/c1-14(15-8-4-3-5-9-15)19-18(2)13-12-16-10-6-7-11-17(16)20-18/h3-11,14,19H,12-13H2,1-2H3/t14-,18?/m0/s1. The molecule has 104 valence electrons. The molecule has 2 atom stereocenters. The Morgan fingerprint density at radius 2 is 1.75 bits per heavy atom. The number of benzene rings is 2. The minimum atomic E-state index is -0.302. The highest BCUT2D eigenvalue weighted by Crippen LogP contribution is 2.32. The predicted molar refractivity (Wildman–Crippen MR) is 81.8 cm³/mol. The van der Waals surface area contributed by atoms with E-state index in [0.29, 0.717) is 0 Å². The number of hydrogen-bond donors (Lipinski definition) is 1. The summed E-state index contributed by atoms with van der Waals surface area (Å²) in [5.74, 6) is 1.01. The predicted octanol–water partition coefficient (Wildman–Crippen LogP) is 4.08. The quantitative estimate of drug-likeness (QED) is 0.904. The average molecular weight is 267 g/mol. The Morgan fingerprint density at radius 1 is 1.05 bits per heavy atom.